The SMILES string of the molecule is C=C(C)NOC(C)C. The summed E-state index contributed by atoms with van der Waals surface area (Å²) in [6.07, 6.45) is 0.215. The lowest BCUT2D eigenvalue weighted by Crippen LogP contribution is -2.16. The Morgan fingerprint density at radius 1 is 1.62 bits per heavy atom. The molecule has 0 unspecified atom stereocenters. The molecule has 1 N–H and O–H groups in total. The van der Waals surface area contributed by atoms with E-state index in [4.69, 9.17) is 4.84 Å². The van der Waals surface area contributed by atoms with E-state index in [1.54, 1.807) is 0 Å². The molecule has 0 amide bonds. The summed E-state index contributed by atoms with van der Waals surface area (Å²) in [5.74, 6) is 0. The summed E-state index contributed by atoms with van der Waals surface area (Å²) in [7, 11) is 0. The minimum Gasteiger partial charge on any atom is -0.274 e. The van der Waals surface area contributed by atoms with Gasteiger partial charge in [-0.2, -0.15) is 0 Å². The number of hydrogen-bond acceptors (Lipinski definition) is 2. The fraction of sp³-hybridized carbons (Fsp3) is 0.667. The topological polar surface area (TPSA) is 21.3 Å². The van der Waals surface area contributed by atoms with Gasteiger partial charge in [0.2, 0.25) is 0 Å². The highest BCUT2D eigenvalue weighted by Crippen LogP contribution is 1.85. The fourth-order valence-corrected chi connectivity index (χ4v) is 0.218. The molecule has 0 spiro atoms. The number of hydrogen-bond donors (Lipinski definition) is 1. The van der Waals surface area contributed by atoms with E-state index in [2.05, 4.69) is 12.1 Å². The van der Waals surface area contributed by atoms with Gasteiger partial charge < -0.3 is 0 Å². The van der Waals surface area contributed by atoms with Crippen molar-refractivity contribution in [1.82, 2.24) is 5.48 Å². The average molecular weight is 115 g/mol. The second kappa shape index (κ2) is 3.50. The van der Waals surface area contributed by atoms with Gasteiger partial charge in [-0.25, -0.2) is 0 Å². The molecule has 48 valence electrons. The predicted molar refractivity (Wildman–Crippen MR) is 34.2 cm³/mol. The number of allylic oxidation sites excluding steroid dienone is 1. The molecule has 0 bridgehead atoms. The van der Waals surface area contributed by atoms with E-state index in [1.807, 2.05) is 20.8 Å². The smallest absolute Gasteiger partial charge is 0.0797 e. The van der Waals surface area contributed by atoms with Crippen molar-refractivity contribution >= 4 is 0 Å². The lowest BCUT2D eigenvalue weighted by molar-refractivity contribution is 0.0142. The van der Waals surface area contributed by atoms with Gasteiger partial charge in [0.15, 0.2) is 0 Å². The monoisotopic (exact) mass is 115 g/mol. The number of nitrogens with one attached hydrogen (secondary N) is 1. The molecule has 0 rings (SSSR count). The molecule has 0 fully saturated rings. The van der Waals surface area contributed by atoms with Crippen LogP contribution in [0.3, 0.4) is 0 Å². The zero-order valence-electron chi connectivity index (χ0n) is 5.69. The standard InChI is InChI=1S/C6H13NO/c1-5(2)7-8-6(3)4/h6-7H,1H2,2-4H3. The van der Waals surface area contributed by atoms with Crippen LogP contribution >= 0.6 is 0 Å². The normalized spacial score (nSPS) is 9.50. The van der Waals surface area contributed by atoms with Crippen LogP contribution in [-0.2, 0) is 4.84 Å². The molecule has 2 heteroatoms. The number of hydroxylamine groups is 1. The lowest BCUT2D eigenvalue weighted by atomic mass is 10.5. The summed E-state index contributed by atoms with van der Waals surface area (Å²) in [6.45, 7) is 9.35. The highest BCUT2D eigenvalue weighted by Gasteiger charge is 1.88. The quantitative estimate of drug-likeness (QED) is 0.562. The third-order valence-electron chi connectivity index (χ3n) is 0.469. The van der Waals surface area contributed by atoms with Crippen LogP contribution in [-0.4, -0.2) is 6.10 Å². The maximum Gasteiger partial charge on any atom is 0.0797 e. The Morgan fingerprint density at radius 2 is 2.12 bits per heavy atom. The predicted octanol–water partition coefficient (Wildman–Crippen LogP) is 1.45. The van der Waals surface area contributed by atoms with Crippen molar-refractivity contribution in [2.75, 3.05) is 0 Å². The van der Waals surface area contributed by atoms with Gasteiger partial charge in [-0.3, -0.25) is 10.3 Å². The lowest BCUT2D eigenvalue weighted by Gasteiger charge is -2.07. The Hall–Kier alpha value is -0.500. The van der Waals surface area contributed by atoms with Crippen molar-refractivity contribution in [2.45, 2.75) is 26.9 Å². The molecule has 0 radical (unpaired) electrons. The van der Waals surface area contributed by atoms with E-state index in [0.717, 1.165) is 5.70 Å². The highest BCUT2D eigenvalue weighted by molar-refractivity contribution is 4.79. The molecule has 0 aliphatic rings. The van der Waals surface area contributed by atoms with Gasteiger partial charge in [-0.1, -0.05) is 6.58 Å². The molecular weight excluding hydrogens is 102 g/mol. The van der Waals surface area contributed by atoms with Gasteiger partial charge in [0, 0.05) is 5.70 Å². The third kappa shape index (κ3) is 5.50. The van der Waals surface area contributed by atoms with E-state index in [-0.39, 0.29) is 6.10 Å². The molecule has 0 aromatic heterocycles. The first-order valence-electron chi connectivity index (χ1n) is 2.70. The summed E-state index contributed by atoms with van der Waals surface area (Å²) in [5, 5.41) is 0. The molecular formula is C6H13NO. The second-order valence-electron chi connectivity index (χ2n) is 2.05. The minimum atomic E-state index is 0.215. The maximum atomic E-state index is 4.95. The van der Waals surface area contributed by atoms with Crippen molar-refractivity contribution in [2.24, 2.45) is 0 Å². The van der Waals surface area contributed by atoms with Crippen molar-refractivity contribution in [3.63, 3.8) is 0 Å². The molecule has 0 aliphatic carbocycles. The largest absolute Gasteiger partial charge is 0.274 e. The maximum absolute atomic E-state index is 4.95. The molecule has 2 nitrogen and oxygen atoms in total. The second-order valence-corrected chi connectivity index (χ2v) is 2.05. The molecule has 0 aromatic rings. The first-order valence-corrected chi connectivity index (χ1v) is 2.70. The van der Waals surface area contributed by atoms with Crippen LogP contribution in [0.2, 0.25) is 0 Å². The van der Waals surface area contributed by atoms with Crippen LogP contribution in [0.15, 0.2) is 12.3 Å². The molecule has 0 aliphatic heterocycles. The van der Waals surface area contributed by atoms with E-state index >= 15 is 0 Å². The van der Waals surface area contributed by atoms with Gasteiger partial charge in [-0.15, -0.1) is 0 Å². The Bertz CT molecular complexity index is 78.6. The van der Waals surface area contributed by atoms with E-state index in [9.17, 15) is 0 Å². The molecule has 0 atom stereocenters. The Labute approximate surface area is 50.5 Å². The van der Waals surface area contributed by atoms with Gasteiger partial charge >= 0.3 is 0 Å². The van der Waals surface area contributed by atoms with Crippen molar-refractivity contribution in [3.05, 3.63) is 12.3 Å². The van der Waals surface area contributed by atoms with Crippen LogP contribution in [0.25, 0.3) is 0 Å². The molecule has 0 saturated heterocycles. The molecule has 0 aromatic carbocycles. The minimum absolute atomic E-state index is 0.215. The third-order valence-corrected chi connectivity index (χ3v) is 0.469. The van der Waals surface area contributed by atoms with Crippen LogP contribution in [0.1, 0.15) is 20.8 Å². The highest BCUT2D eigenvalue weighted by atomic mass is 16.7. The van der Waals surface area contributed by atoms with Crippen LogP contribution in [0.5, 0.6) is 0 Å². The van der Waals surface area contributed by atoms with E-state index < -0.39 is 0 Å². The summed E-state index contributed by atoms with van der Waals surface area (Å²) in [5.41, 5.74) is 3.48. The Morgan fingerprint density at radius 3 is 2.25 bits per heavy atom. The zero-order chi connectivity index (χ0) is 6.57. The van der Waals surface area contributed by atoms with Crippen molar-refractivity contribution < 1.29 is 4.84 Å². The van der Waals surface area contributed by atoms with Gasteiger partial charge in [0.05, 0.1) is 6.10 Å². The number of rotatable bonds is 3. The van der Waals surface area contributed by atoms with E-state index in [0.29, 0.717) is 0 Å². The van der Waals surface area contributed by atoms with Crippen LogP contribution in [0.4, 0.5) is 0 Å². The van der Waals surface area contributed by atoms with Crippen LogP contribution < -0.4 is 5.48 Å². The summed E-state index contributed by atoms with van der Waals surface area (Å²) < 4.78 is 0. The zero-order valence-corrected chi connectivity index (χ0v) is 5.69. The van der Waals surface area contributed by atoms with E-state index in [1.165, 1.54) is 0 Å². The Kier molecular flexibility index (Phi) is 3.28. The summed E-state index contributed by atoms with van der Waals surface area (Å²) >= 11 is 0. The summed E-state index contributed by atoms with van der Waals surface area (Å²) in [4.78, 5) is 4.95. The van der Waals surface area contributed by atoms with Gasteiger partial charge in [-0.05, 0) is 20.8 Å². The first kappa shape index (κ1) is 7.50. The van der Waals surface area contributed by atoms with Crippen LogP contribution in [0, 0.1) is 0 Å². The van der Waals surface area contributed by atoms with Gasteiger partial charge in [0.1, 0.15) is 0 Å². The first-order chi connectivity index (χ1) is 3.63. The molecule has 8 heavy (non-hydrogen) atoms. The summed E-state index contributed by atoms with van der Waals surface area (Å²) in [6, 6.07) is 0. The van der Waals surface area contributed by atoms with Gasteiger partial charge in [0.25, 0.3) is 0 Å². The molecule has 0 heterocycles. The Balaban J connectivity index is 3.05. The van der Waals surface area contributed by atoms with Crippen molar-refractivity contribution in [1.29, 1.82) is 0 Å². The van der Waals surface area contributed by atoms with Crippen molar-refractivity contribution in [3.8, 4) is 0 Å². The average Bonchev–Trinajstić information content (AvgIpc) is 1.61. The fourth-order valence-electron chi connectivity index (χ4n) is 0.218. The molecule has 0 saturated carbocycles.